The van der Waals surface area contributed by atoms with Gasteiger partial charge in [0.05, 0.1) is 17.9 Å². The van der Waals surface area contributed by atoms with Gasteiger partial charge in [0.25, 0.3) is 0 Å². The maximum atomic E-state index is 11.9. The van der Waals surface area contributed by atoms with Gasteiger partial charge in [0, 0.05) is 16.7 Å². The summed E-state index contributed by atoms with van der Waals surface area (Å²) in [5, 5.41) is 3.42. The van der Waals surface area contributed by atoms with E-state index < -0.39 is 10.8 Å². The molecule has 2 unspecified atom stereocenters. The normalized spacial score (nSPS) is 23.1. The van der Waals surface area contributed by atoms with Gasteiger partial charge in [0.15, 0.2) is 0 Å². The van der Waals surface area contributed by atoms with Crippen molar-refractivity contribution in [3.05, 3.63) is 23.8 Å². The van der Waals surface area contributed by atoms with Gasteiger partial charge in [0.2, 0.25) is 0 Å². The summed E-state index contributed by atoms with van der Waals surface area (Å²) in [6.45, 7) is 3.09. The molecule has 1 heterocycles. The number of fused-ring (bicyclic) bond motifs is 1. The van der Waals surface area contributed by atoms with Crippen LogP contribution in [0.5, 0.6) is 5.75 Å². The van der Waals surface area contributed by atoms with E-state index in [-0.39, 0.29) is 6.04 Å². The van der Waals surface area contributed by atoms with Crippen LogP contribution < -0.4 is 10.1 Å². The lowest BCUT2D eigenvalue weighted by atomic mass is 10.1. The molecule has 2 rings (SSSR count). The Labute approximate surface area is 98.7 Å². The molecule has 0 fully saturated rings. The van der Waals surface area contributed by atoms with Crippen LogP contribution in [0.15, 0.2) is 23.1 Å². The van der Waals surface area contributed by atoms with Gasteiger partial charge in [-0.05, 0) is 36.7 Å². The van der Waals surface area contributed by atoms with Crippen molar-refractivity contribution in [1.29, 1.82) is 0 Å². The van der Waals surface area contributed by atoms with Crippen LogP contribution in [0.2, 0.25) is 0 Å². The third-order valence-corrected chi connectivity index (χ3v) is 4.29. The van der Waals surface area contributed by atoms with Crippen LogP contribution in [0.4, 0.5) is 0 Å². The number of hydrogen-bond acceptors (Lipinski definition) is 3. The van der Waals surface area contributed by atoms with Crippen LogP contribution >= 0.6 is 0 Å². The highest BCUT2D eigenvalue weighted by atomic mass is 32.2. The molecule has 1 aromatic rings. The molecule has 0 bridgehead atoms. The van der Waals surface area contributed by atoms with Crippen molar-refractivity contribution in [2.24, 2.45) is 0 Å². The largest absolute Gasteiger partial charge is 0.497 e. The van der Waals surface area contributed by atoms with E-state index in [1.807, 2.05) is 18.2 Å². The van der Waals surface area contributed by atoms with Crippen LogP contribution in [0.3, 0.4) is 0 Å². The van der Waals surface area contributed by atoms with Crippen LogP contribution in [0, 0.1) is 0 Å². The van der Waals surface area contributed by atoms with Crippen LogP contribution in [-0.4, -0.2) is 23.6 Å². The van der Waals surface area contributed by atoms with E-state index in [0.717, 1.165) is 29.2 Å². The minimum atomic E-state index is -0.860. The zero-order chi connectivity index (χ0) is 11.5. The molecule has 0 aliphatic carbocycles. The van der Waals surface area contributed by atoms with Gasteiger partial charge in [0.1, 0.15) is 5.75 Å². The molecule has 2 atom stereocenters. The molecule has 0 amide bonds. The van der Waals surface area contributed by atoms with Crippen molar-refractivity contribution in [1.82, 2.24) is 5.32 Å². The van der Waals surface area contributed by atoms with Gasteiger partial charge >= 0.3 is 0 Å². The molecule has 0 saturated carbocycles. The lowest BCUT2D eigenvalue weighted by molar-refractivity contribution is 0.413. The molecule has 88 valence electrons. The van der Waals surface area contributed by atoms with Crippen LogP contribution in [0.25, 0.3) is 0 Å². The molecule has 1 aromatic carbocycles. The minimum Gasteiger partial charge on any atom is -0.497 e. The lowest BCUT2D eigenvalue weighted by Gasteiger charge is -2.12. The van der Waals surface area contributed by atoms with E-state index in [9.17, 15) is 4.21 Å². The Morgan fingerprint density at radius 3 is 3.06 bits per heavy atom. The standard InChI is InChI=1S/C12H17NO2S/c1-3-6-13-11-8-16(14)12-5-4-9(15-2)7-10(11)12/h4-5,7,11,13H,3,6,8H2,1-2H3. The zero-order valence-corrected chi connectivity index (χ0v) is 10.5. The number of ether oxygens (including phenoxy) is 1. The summed E-state index contributed by atoms with van der Waals surface area (Å²) in [5.74, 6) is 1.52. The fourth-order valence-electron chi connectivity index (χ4n) is 1.95. The van der Waals surface area contributed by atoms with E-state index in [2.05, 4.69) is 12.2 Å². The van der Waals surface area contributed by atoms with Crippen LogP contribution in [-0.2, 0) is 10.8 Å². The number of methoxy groups -OCH3 is 1. The molecule has 0 aromatic heterocycles. The summed E-state index contributed by atoms with van der Waals surface area (Å²) in [6.07, 6.45) is 1.09. The highest BCUT2D eigenvalue weighted by Gasteiger charge is 2.28. The Morgan fingerprint density at radius 1 is 1.56 bits per heavy atom. The summed E-state index contributed by atoms with van der Waals surface area (Å²) >= 11 is 0. The zero-order valence-electron chi connectivity index (χ0n) is 9.66. The quantitative estimate of drug-likeness (QED) is 0.871. The average molecular weight is 239 g/mol. The number of rotatable bonds is 4. The molecule has 1 aliphatic heterocycles. The van der Waals surface area contributed by atoms with E-state index in [0.29, 0.717) is 5.75 Å². The molecule has 4 heteroatoms. The van der Waals surface area contributed by atoms with E-state index in [1.54, 1.807) is 7.11 Å². The van der Waals surface area contributed by atoms with Crippen molar-refractivity contribution < 1.29 is 8.95 Å². The second kappa shape index (κ2) is 4.97. The van der Waals surface area contributed by atoms with E-state index in [1.165, 1.54) is 0 Å². The summed E-state index contributed by atoms with van der Waals surface area (Å²) in [7, 11) is 0.795. The van der Waals surface area contributed by atoms with Gasteiger partial charge in [-0.2, -0.15) is 0 Å². The molecule has 0 spiro atoms. The van der Waals surface area contributed by atoms with Gasteiger partial charge in [-0.3, -0.25) is 4.21 Å². The number of hydrogen-bond donors (Lipinski definition) is 1. The third kappa shape index (κ3) is 2.13. The van der Waals surface area contributed by atoms with Gasteiger partial charge < -0.3 is 10.1 Å². The first-order valence-electron chi connectivity index (χ1n) is 5.56. The average Bonchev–Trinajstić information content (AvgIpc) is 2.63. The van der Waals surface area contributed by atoms with Crippen molar-refractivity contribution in [3.8, 4) is 5.75 Å². The molecule has 1 aliphatic rings. The Kier molecular flexibility index (Phi) is 3.61. The highest BCUT2D eigenvalue weighted by molar-refractivity contribution is 7.85. The monoisotopic (exact) mass is 239 g/mol. The van der Waals surface area contributed by atoms with Crippen LogP contribution in [0.1, 0.15) is 24.9 Å². The van der Waals surface area contributed by atoms with Gasteiger partial charge in [-0.1, -0.05) is 6.92 Å². The summed E-state index contributed by atoms with van der Waals surface area (Å²) in [6, 6.07) is 6.00. The molecule has 0 radical (unpaired) electrons. The van der Waals surface area contributed by atoms with Crippen molar-refractivity contribution in [2.45, 2.75) is 24.3 Å². The Morgan fingerprint density at radius 2 is 2.38 bits per heavy atom. The summed E-state index contributed by atoms with van der Waals surface area (Å²) < 4.78 is 17.1. The van der Waals surface area contributed by atoms with Gasteiger partial charge in [-0.25, -0.2) is 0 Å². The molecule has 1 N–H and O–H groups in total. The molecule has 16 heavy (non-hydrogen) atoms. The topological polar surface area (TPSA) is 38.3 Å². The third-order valence-electron chi connectivity index (χ3n) is 2.80. The predicted molar refractivity (Wildman–Crippen MR) is 65.3 cm³/mol. The number of benzene rings is 1. The van der Waals surface area contributed by atoms with E-state index >= 15 is 0 Å². The first kappa shape index (κ1) is 11.6. The second-order valence-corrected chi connectivity index (χ2v) is 5.39. The number of nitrogens with one attached hydrogen (secondary N) is 1. The van der Waals surface area contributed by atoms with Crippen molar-refractivity contribution >= 4 is 10.8 Å². The SMILES string of the molecule is CCCNC1CS(=O)c2ccc(OC)cc21. The second-order valence-electron chi connectivity index (χ2n) is 3.92. The minimum absolute atomic E-state index is 0.214. The first-order valence-corrected chi connectivity index (χ1v) is 6.88. The highest BCUT2D eigenvalue weighted by Crippen LogP contribution is 2.33. The maximum absolute atomic E-state index is 11.9. The molecule has 0 saturated heterocycles. The Balaban J connectivity index is 2.27. The Bertz CT molecular complexity index is 406. The smallest absolute Gasteiger partial charge is 0.119 e. The first-order chi connectivity index (χ1) is 7.76. The maximum Gasteiger partial charge on any atom is 0.119 e. The van der Waals surface area contributed by atoms with Crippen molar-refractivity contribution in [3.63, 3.8) is 0 Å². The molecular weight excluding hydrogens is 222 g/mol. The molecular formula is C12H17NO2S. The molecule has 3 nitrogen and oxygen atoms in total. The van der Waals surface area contributed by atoms with Crippen molar-refractivity contribution in [2.75, 3.05) is 19.4 Å². The van der Waals surface area contributed by atoms with Gasteiger partial charge in [-0.15, -0.1) is 0 Å². The summed E-state index contributed by atoms with van der Waals surface area (Å²) in [5.41, 5.74) is 1.13. The van der Waals surface area contributed by atoms with E-state index in [4.69, 9.17) is 4.74 Å². The summed E-state index contributed by atoms with van der Waals surface area (Å²) in [4.78, 5) is 0.953. The fourth-order valence-corrected chi connectivity index (χ4v) is 3.42. The lowest BCUT2D eigenvalue weighted by Crippen LogP contribution is -2.22. The fraction of sp³-hybridized carbons (Fsp3) is 0.500. The Hall–Kier alpha value is -0.870. The predicted octanol–water partition coefficient (Wildman–Crippen LogP) is 1.86.